The molecule has 1 aromatic heterocycles. The van der Waals surface area contributed by atoms with Crippen LogP contribution >= 0.6 is 11.3 Å². The molecular formula is C14H9NO2S. The summed E-state index contributed by atoms with van der Waals surface area (Å²) in [6, 6.07) is 15.5. The molecule has 4 heteroatoms. The van der Waals surface area contributed by atoms with Crippen molar-refractivity contribution in [1.29, 1.82) is 5.41 Å². The molecule has 0 fully saturated rings. The van der Waals surface area contributed by atoms with E-state index in [1.165, 1.54) is 0 Å². The lowest BCUT2D eigenvalue weighted by atomic mass is 10.2. The molecule has 3 aromatic rings. The van der Waals surface area contributed by atoms with Crippen LogP contribution < -0.4 is 5.43 Å². The highest BCUT2D eigenvalue weighted by Gasteiger charge is 2.03. The first kappa shape index (κ1) is 12.2. The molecule has 0 amide bonds. The first-order valence-corrected chi connectivity index (χ1v) is 6.04. The van der Waals surface area contributed by atoms with Crippen LogP contribution in [-0.2, 0) is 4.79 Å². The van der Waals surface area contributed by atoms with Crippen LogP contribution in [0.25, 0.3) is 20.2 Å². The van der Waals surface area contributed by atoms with E-state index in [1.807, 2.05) is 48.5 Å². The van der Waals surface area contributed by atoms with Crippen molar-refractivity contribution in [2.24, 2.45) is 0 Å². The fourth-order valence-corrected chi connectivity index (χ4v) is 2.82. The minimum atomic E-state index is 0.139. The first-order chi connectivity index (χ1) is 8.77. The number of hydrogen-bond donors (Lipinski definition) is 1. The normalized spacial score (nSPS) is 9.56. The number of hydrogen-bond acceptors (Lipinski definition) is 4. The van der Waals surface area contributed by atoms with Crippen molar-refractivity contribution in [3.8, 4) is 0 Å². The van der Waals surface area contributed by atoms with Gasteiger partial charge in [0.1, 0.15) is 0 Å². The molecule has 0 radical (unpaired) electrons. The van der Waals surface area contributed by atoms with E-state index in [9.17, 15) is 4.79 Å². The Balaban J connectivity index is 0.000000367. The number of isocyanates is 1. The Labute approximate surface area is 107 Å². The number of carbonyl (C=O) groups excluding carboxylic acids is 1. The molecule has 0 atom stereocenters. The zero-order chi connectivity index (χ0) is 13.0. The summed E-state index contributed by atoms with van der Waals surface area (Å²) < 4.78 is 2.11. The number of benzene rings is 2. The van der Waals surface area contributed by atoms with Gasteiger partial charge in [-0.05, 0) is 24.3 Å². The van der Waals surface area contributed by atoms with Crippen LogP contribution in [0.4, 0.5) is 0 Å². The number of nitrogens with one attached hydrogen (secondary N) is 1. The zero-order valence-electron chi connectivity index (χ0n) is 9.34. The Morgan fingerprint density at radius 3 is 1.72 bits per heavy atom. The maximum absolute atomic E-state index is 12.1. The van der Waals surface area contributed by atoms with Crippen LogP contribution in [0, 0.1) is 5.41 Å². The van der Waals surface area contributed by atoms with Crippen molar-refractivity contribution in [3.05, 3.63) is 58.8 Å². The van der Waals surface area contributed by atoms with Gasteiger partial charge in [-0.1, -0.05) is 24.3 Å². The maximum atomic E-state index is 12.1. The Morgan fingerprint density at radius 2 is 1.28 bits per heavy atom. The van der Waals surface area contributed by atoms with E-state index >= 15 is 0 Å². The molecule has 0 aliphatic carbocycles. The van der Waals surface area contributed by atoms with Crippen LogP contribution in [0.1, 0.15) is 0 Å². The van der Waals surface area contributed by atoms with E-state index in [4.69, 9.17) is 10.2 Å². The fraction of sp³-hybridized carbons (Fsp3) is 0. The standard InChI is InChI=1S/C13H8OS.CHNO/c14-13-9-5-1-3-7-11(9)15-12-8-4-2-6-10(12)13;2-1-3/h1-8H;2H. The summed E-state index contributed by atoms with van der Waals surface area (Å²) in [7, 11) is 0. The highest BCUT2D eigenvalue weighted by atomic mass is 32.1. The van der Waals surface area contributed by atoms with E-state index in [-0.39, 0.29) is 5.43 Å². The lowest BCUT2D eigenvalue weighted by Gasteiger charge is -1.99. The lowest BCUT2D eigenvalue weighted by molar-refractivity contribution is 0.563. The fourth-order valence-electron chi connectivity index (χ4n) is 1.75. The molecule has 0 aliphatic rings. The molecule has 1 N–H and O–H groups in total. The van der Waals surface area contributed by atoms with E-state index in [0.717, 1.165) is 26.3 Å². The minimum absolute atomic E-state index is 0.139. The summed E-state index contributed by atoms with van der Waals surface area (Å²) in [5.74, 6) is 0. The molecule has 3 rings (SSSR count). The molecule has 0 spiro atoms. The van der Waals surface area contributed by atoms with Crippen molar-refractivity contribution in [2.75, 3.05) is 0 Å². The topological polar surface area (TPSA) is 58.0 Å². The molecule has 0 bridgehead atoms. The van der Waals surface area contributed by atoms with Gasteiger partial charge in [0, 0.05) is 20.2 Å². The SMILES string of the molecule is N=C=O.O=c1c2ccccc2sc2ccccc12. The van der Waals surface area contributed by atoms with Crippen LogP contribution in [0.5, 0.6) is 0 Å². The van der Waals surface area contributed by atoms with Gasteiger partial charge in [-0.3, -0.25) is 4.79 Å². The Hall–Kier alpha value is -2.29. The zero-order valence-corrected chi connectivity index (χ0v) is 10.2. The predicted molar refractivity (Wildman–Crippen MR) is 74.0 cm³/mol. The van der Waals surface area contributed by atoms with Gasteiger partial charge in [0.25, 0.3) is 0 Å². The van der Waals surface area contributed by atoms with Crippen LogP contribution in [-0.4, -0.2) is 6.08 Å². The van der Waals surface area contributed by atoms with Gasteiger partial charge in [-0.25, -0.2) is 10.2 Å². The van der Waals surface area contributed by atoms with Crippen molar-refractivity contribution < 1.29 is 4.79 Å². The third-order valence-electron chi connectivity index (χ3n) is 2.48. The molecular weight excluding hydrogens is 246 g/mol. The largest absolute Gasteiger partial charge is 0.289 e. The number of rotatable bonds is 0. The molecule has 2 aromatic carbocycles. The Morgan fingerprint density at radius 1 is 0.889 bits per heavy atom. The van der Waals surface area contributed by atoms with Gasteiger partial charge in [-0.15, -0.1) is 11.3 Å². The van der Waals surface area contributed by atoms with E-state index in [1.54, 1.807) is 11.3 Å². The quantitative estimate of drug-likeness (QED) is 0.380. The highest BCUT2D eigenvalue weighted by Crippen LogP contribution is 2.23. The molecule has 18 heavy (non-hydrogen) atoms. The second-order valence-corrected chi connectivity index (χ2v) is 4.61. The van der Waals surface area contributed by atoms with Crippen LogP contribution in [0.3, 0.4) is 0 Å². The molecule has 3 nitrogen and oxygen atoms in total. The summed E-state index contributed by atoms with van der Waals surface area (Å²) in [5.41, 5.74) is 0.139. The summed E-state index contributed by atoms with van der Waals surface area (Å²) >= 11 is 1.67. The number of fused-ring (bicyclic) bond motifs is 2. The highest BCUT2D eigenvalue weighted by molar-refractivity contribution is 7.24. The summed E-state index contributed by atoms with van der Waals surface area (Å²) in [6.07, 6.45) is 0.750. The second-order valence-electron chi connectivity index (χ2n) is 3.53. The van der Waals surface area contributed by atoms with Gasteiger partial charge in [-0.2, -0.15) is 0 Å². The van der Waals surface area contributed by atoms with Crippen LogP contribution in [0.15, 0.2) is 53.3 Å². The lowest BCUT2D eigenvalue weighted by Crippen LogP contribution is -1.99. The Kier molecular flexibility index (Phi) is 3.63. The third kappa shape index (κ3) is 2.20. The van der Waals surface area contributed by atoms with Crippen LogP contribution in [0.2, 0.25) is 0 Å². The van der Waals surface area contributed by atoms with E-state index in [2.05, 4.69) is 0 Å². The van der Waals surface area contributed by atoms with E-state index < -0.39 is 0 Å². The smallest absolute Gasteiger partial charge is 0.231 e. The molecule has 1 heterocycles. The monoisotopic (exact) mass is 255 g/mol. The second kappa shape index (κ2) is 5.36. The molecule has 0 unspecified atom stereocenters. The van der Waals surface area contributed by atoms with Crippen molar-refractivity contribution in [2.45, 2.75) is 0 Å². The predicted octanol–water partition coefficient (Wildman–Crippen LogP) is 3.32. The van der Waals surface area contributed by atoms with Gasteiger partial charge in [0.05, 0.1) is 0 Å². The summed E-state index contributed by atoms with van der Waals surface area (Å²) in [6.45, 7) is 0. The van der Waals surface area contributed by atoms with Gasteiger partial charge < -0.3 is 0 Å². The van der Waals surface area contributed by atoms with Gasteiger partial charge in [0.2, 0.25) is 6.08 Å². The average molecular weight is 255 g/mol. The third-order valence-corrected chi connectivity index (χ3v) is 3.64. The Bertz CT molecular complexity index is 729. The van der Waals surface area contributed by atoms with Crippen molar-refractivity contribution in [3.63, 3.8) is 0 Å². The maximum Gasteiger partial charge on any atom is 0.231 e. The molecule has 0 aliphatic heterocycles. The molecule has 0 saturated heterocycles. The average Bonchev–Trinajstić information content (AvgIpc) is 2.40. The van der Waals surface area contributed by atoms with Gasteiger partial charge >= 0.3 is 0 Å². The summed E-state index contributed by atoms with van der Waals surface area (Å²) in [4.78, 5) is 20.4. The first-order valence-electron chi connectivity index (χ1n) is 5.22. The van der Waals surface area contributed by atoms with E-state index in [0.29, 0.717) is 0 Å². The molecule has 0 saturated carbocycles. The van der Waals surface area contributed by atoms with Gasteiger partial charge in [0.15, 0.2) is 5.43 Å². The molecule has 88 valence electrons. The summed E-state index contributed by atoms with van der Waals surface area (Å²) in [5, 5.41) is 7.04. The van der Waals surface area contributed by atoms with Crippen molar-refractivity contribution >= 4 is 37.6 Å². The van der Waals surface area contributed by atoms with Crippen molar-refractivity contribution in [1.82, 2.24) is 0 Å². The minimum Gasteiger partial charge on any atom is -0.289 e.